The third-order valence-electron chi connectivity index (χ3n) is 2.98. The Morgan fingerprint density at radius 2 is 2.30 bits per heavy atom. The smallest absolute Gasteiger partial charge is 0.254 e. The highest BCUT2D eigenvalue weighted by molar-refractivity contribution is 9.10. The summed E-state index contributed by atoms with van der Waals surface area (Å²) in [6, 6.07) is 7.98. The van der Waals surface area contributed by atoms with Crippen molar-refractivity contribution in [1.82, 2.24) is 20.4 Å². The largest absolute Gasteiger partial charge is 0.350 e. The van der Waals surface area contributed by atoms with Crippen molar-refractivity contribution in [3.8, 4) is 5.69 Å². The summed E-state index contributed by atoms with van der Waals surface area (Å²) >= 11 is 3.42. The van der Waals surface area contributed by atoms with Crippen molar-refractivity contribution in [2.45, 2.75) is 13.0 Å². The van der Waals surface area contributed by atoms with E-state index in [1.165, 1.54) is 0 Å². The Morgan fingerprint density at radius 1 is 1.50 bits per heavy atom. The molecule has 1 atom stereocenters. The third-order valence-corrected chi connectivity index (χ3v) is 3.47. The molecule has 1 aromatic carbocycles. The summed E-state index contributed by atoms with van der Waals surface area (Å²) in [6.07, 6.45) is 3.29. The first-order chi connectivity index (χ1) is 9.60. The Morgan fingerprint density at radius 3 is 3.00 bits per heavy atom. The topological polar surface area (TPSA) is 58.9 Å². The highest BCUT2D eigenvalue weighted by Gasteiger charge is 2.10. The molecule has 6 heteroatoms. The van der Waals surface area contributed by atoms with Crippen LogP contribution in [-0.4, -0.2) is 35.3 Å². The molecular formula is C14H17BrN4O. The van der Waals surface area contributed by atoms with Crippen LogP contribution in [0.1, 0.15) is 17.3 Å². The van der Waals surface area contributed by atoms with Gasteiger partial charge in [0.05, 0.1) is 17.4 Å². The lowest BCUT2D eigenvalue weighted by atomic mass is 10.3. The predicted molar refractivity (Wildman–Crippen MR) is 82.1 cm³/mol. The number of hydrogen-bond donors (Lipinski definition) is 2. The lowest BCUT2D eigenvalue weighted by molar-refractivity contribution is 0.0950. The molecule has 0 radical (unpaired) electrons. The van der Waals surface area contributed by atoms with Gasteiger partial charge in [-0.05, 0) is 32.2 Å². The van der Waals surface area contributed by atoms with Crippen molar-refractivity contribution < 1.29 is 4.79 Å². The van der Waals surface area contributed by atoms with Gasteiger partial charge >= 0.3 is 0 Å². The number of aromatic nitrogens is 2. The van der Waals surface area contributed by atoms with Crippen LogP contribution in [0, 0.1) is 0 Å². The van der Waals surface area contributed by atoms with E-state index in [2.05, 4.69) is 31.7 Å². The first kappa shape index (κ1) is 14.7. The highest BCUT2D eigenvalue weighted by atomic mass is 79.9. The van der Waals surface area contributed by atoms with Gasteiger partial charge in [0.2, 0.25) is 0 Å². The highest BCUT2D eigenvalue weighted by Crippen LogP contribution is 2.15. The second kappa shape index (κ2) is 6.67. The molecule has 1 unspecified atom stereocenters. The predicted octanol–water partition coefficient (Wildman–Crippen LogP) is 1.97. The van der Waals surface area contributed by atoms with Gasteiger partial charge in [0.25, 0.3) is 5.91 Å². The molecule has 0 aliphatic heterocycles. The SMILES string of the molecule is CNC(C)CNC(=O)c1cnn(-c2cccc(Br)c2)c1. The van der Waals surface area contributed by atoms with Crippen LogP contribution in [0.5, 0.6) is 0 Å². The molecule has 20 heavy (non-hydrogen) atoms. The van der Waals surface area contributed by atoms with Crippen LogP contribution in [0.2, 0.25) is 0 Å². The molecule has 1 aromatic heterocycles. The normalized spacial score (nSPS) is 12.2. The number of halogens is 1. The molecule has 1 heterocycles. The summed E-state index contributed by atoms with van der Waals surface area (Å²) in [5.74, 6) is -0.117. The minimum Gasteiger partial charge on any atom is -0.350 e. The van der Waals surface area contributed by atoms with Gasteiger partial charge in [-0.2, -0.15) is 5.10 Å². The van der Waals surface area contributed by atoms with E-state index in [-0.39, 0.29) is 11.9 Å². The number of rotatable bonds is 5. The van der Waals surface area contributed by atoms with Crippen molar-refractivity contribution in [3.05, 3.63) is 46.7 Å². The molecule has 0 spiro atoms. The fourth-order valence-corrected chi connectivity index (χ4v) is 2.04. The zero-order valence-corrected chi connectivity index (χ0v) is 13.0. The molecular weight excluding hydrogens is 320 g/mol. The monoisotopic (exact) mass is 336 g/mol. The van der Waals surface area contributed by atoms with Crippen molar-refractivity contribution in [2.75, 3.05) is 13.6 Å². The summed E-state index contributed by atoms with van der Waals surface area (Å²) in [7, 11) is 1.86. The third kappa shape index (κ3) is 3.68. The van der Waals surface area contributed by atoms with Crippen LogP contribution < -0.4 is 10.6 Å². The Hall–Kier alpha value is -1.66. The van der Waals surface area contributed by atoms with Gasteiger partial charge in [-0.15, -0.1) is 0 Å². The zero-order chi connectivity index (χ0) is 14.5. The average molecular weight is 337 g/mol. The molecule has 2 N–H and O–H groups in total. The Bertz CT molecular complexity index is 596. The molecule has 2 rings (SSSR count). The number of hydrogen-bond acceptors (Lipinski definition) is 3. The quantitative estimate of drug-likeness (QED) is 0.877. The minimum atomic E-state index is -0.117. The number of carbonyl (C=O) groups excluding carboxylic acids is 1. The van der Waals surface area contributed by atoms with E-state index in [1.807, 2.05) is 38.2 Å². The molecule has 0 aliphatic rings. The van der Waals surface area contributed by atoms with E-state index < -0.39 is 0 Å². The molecule has 0 saturated carbocycles. The first-order valence-corrected chi connectivity index (χ1v) is 7.15. The second-order valence-electron chi connectivity index (χ2n) is 4.55. The van der Waals surface area contributed by atoms with E-state index >= 15 is 0 Å². The molecule has 0 aliphatic carbocycles. The van der Waals surface area contributed by atoms with Gasteiger partial charge in [0.1, 0.15) is 0 Å². The zero-order valence-electron chi connectivity index (χ0n) is 11.4. The van der Waals surface area contributed by atoms with Crippen LogP contribution in [-0.2, 0) is 0 Å². The molecule has 2 aromatic rings. The summed E-state index contributed by atoms with van der Waals surface area (Å²) in [5, 5.41) is 10.1. The van der Waals surface area contributed by atoms with Gasteiger partial charge < -0.3 is 10.6 Å². The molecule has 106 valence electrons. The molecule has 0 bridgehead atoms. The lowest BCUT2D eigenvalue weighted by Crippen LogP contribution is -2.37. The van der Waals surface area contributed by atoms with Gasteiger partial charge in [0.15, 0.2) is 0 Å². The Labute approximate surface area is 126 Å². The number of nitrogens with one attached hydrogen (secondary N) is 2. The first-order valence-electron chi connectivity index (χ1n) is 6.36. The van der Waals surface area contributed by atoms with E-state index in [4.69, 9.17) is 0 Å². The van der Waals surface area contributed by atoms with E-state index in [0.29, 0.717) is 12.1 Å². The minimum absolute atomic E-state index is 0.117. The summed E-state index contributed by atoms with van der Waals surface area (Å²) < 4.78 is 2.65. The lowest BCUT2D eigenvalue weighted by Gasteiger charge is -2.10. The maximum atomic E-state index is 12.0. The van der Waals surface area contributed by atoms with Gasteiger partial charge in [-0.25, -0.2) is 4.68 Å². The number of amides is 1. The fraction of sp³-hybridized carbons (Fsp3) is 0.286. The fourth-order valence-electron chi connectivity index (χ4n) is 1.65. The number of benzene rings is 1. The number of carbonyl (C=O) groups is 1. The number of likely N-dealkylation sites (N-methyl/N-ethyl adjacent to an activating group) is 1. The maximum Gasteiger partial charge on any atom is 0.254 e. The summed E-state index contributed by atoms with van der Waals surface area (Å²) in [5.41, 5.74) is 1.45. The molecule has 1 amide bonds. The van der Waals surface area contributed by atoms with Crippen LogP contribution in [0.25, 0.3) is 5.69 Å². The van der Waals surface area contributed by atoms with Crippen molar-refractivity contribution in [2.24, 2.45) is 0 Å². The van der Waals surface area contributed by atoms with E-state index in [1.54, 1.807) is 17.1 Å². The summed E-state index contributed by atoms with van der Waals surface area (Å²) in [4.78, 5) is 12.0. The Kier molecular flexibility index (Phi) is 4.92. The van der Waals surface area contributed by atoms with Gasteiger partial charge in [0, 0.05) is 23.3 Å². The van der Waals surface area contributed by atoms with Crippen LogP contribution in [0.4, 0.5) is 0 Å². The standard InChI is InChI=1S/C14H17BrN4O/c1-10(16-2)7-17-14(20)11-8-18-19(9-11)13-5-3-4-12(15)6-13/h3-6,8-10,16H,7H2,1-2H3,(H,17,20). The summed E-state index contributed by atoms with van der Waals surface area (Å²) in [6.45, 7) is 2.59. The van der Waals surface area contributed by atoms with Crippen LogP contribution in [0.15, 0.2) is 41.1 Å². The maximum absolute atomic E-state index is 12.0. The van der Waals surface area contributed by atoms with Crippen molar-refractivity contribution >= 4 is 21.8 Å². The van der Waals surface area contributed by atoms with Crippen molar-refractivity contribution in [1.29, 1.82) is 0 Å². The molecule has 0 saturated heterocycles. The van der Waals surface area contributed by atoms with Crippen molar-refractivity contribution in [3.63, 3.8) is 0 Å². The van der Waals surface area contributed by atoms with Gasteiger partial charge in [-0.3, -0.25) is 4.79 Å². The number of nitrogens with zero attached hydrogens (tertiary/aromatic N) is 2. The van der Waals surface area contributed by atoms with Gasteiger partial charge in [-0.1, -0.05) is 22.0 Å². The molecule has 0 fully saturated rings. The Balaban J connectivity index is 2.07. The second-order valence-corrected chi connectivity index (χ2v) is 5.47. The van der Waals surface area contributed by atoms with E-state index in [9.17, 15) is 4.79 Å². The van der Waals surface area contributed by atoms with Crippen LogP contribution >= 0.6 is 15.9 Å². The molecule has 5 nitrogen and oxygen atoms in total. The average Bonchev–Trinajstić information content (AvgIpc) is 2.94. The van der Waals surface area contributed by atoms with Crippen LogP contribution in [0.3, 0.4) is 0 Å². The van der Waals surface area contributed by atoms with E-state index in [0.717, 1.165) is 10.2 Å².